The van der Waals surface area contributed by atoms with Crippen LogP contribution in [0.4, 0.5) is 0 Å². The summed E-state index contributed by atoms with van der Waals surface area (Å²) in [5.74, 6) is 1.99. The van der Waals surface area contributed by atoms with Crippen LogP contribution in [0, 0.1) is 12.8 Å². The van der Waals surface area contributed by atoms with Gasteiger partial charge in [0.05, 0.1) is 0 Å². The van der Waals surface area contributed by atoms with E-state index in [-0.39, 0.29) is 11.8 Å². The highest BCUT2D eigenvalue weighted by molar-refractivity contribution is 6.00. The minimum atomic E-state index is -0.806. The van der Waals surface area contributed by atoms with Crippen LogP contribution in [0.2, 0.25) is 0 Å². The largest absolute Gasteiger partial charge is 0.457 e. The van der Waals surface area contributed by atoms with E-state index in [2.05, 4.69) is 67.4 Å². The molecule has 39 heavy (non-hydrogen) atoms. The van der Waals surface area contributed by atoms with Gasteiger partial charge in [-0.1, -0.05) is 74.0 Å². The van der Waals surface area contributed by atoms with Crippen molar-refractivity contribution in [3.63, 3.8) is 0 Å². The zero-order chi connectivity index (χ0) is 27.4. The molecular formula is C33H39N3O3. The highest BCUT2D eigenvalue weighted by Crippen LogP contribution is 2.36. The molecule has 5 rings (SSSR count). The van der Waals surface area contributed by atoms with Crippen LogP contribution in [0.5, 0.6) is 11.5 Å². The van der Waals surface area contributed by atoms with Gasteiger partial charge in [-0.3, -0.25) is 14.5 Å². The van der Waals surface area contributed by atoms with Crippen LogP contribution in [0.3, 0.4) is 0 Å². The van der Waals surface area contributed by atoms with Crippen LogP contribution >= 0.6 is 0 Å². The predicted molar refractivity (Wildman–Crippen MR) is 153 cm³/mol. The third-order valence-electron chi connectivity index (χ3n) is 7.97. The number of hydrogen-bond donors (Lipinski definition) is 1. The fourth-order valence-electron chi connectivity index (χ4n) is 5.74. The van der Waals surface area contributed by atoms with Crippen molar-refractivity contribution in [2.75, 3.05) is 13.1 Å². The maximum absolute atomic E-state index is 13.8. The molecule has 3 aromatic carbocycles. The number of carbonyl (C=O) groups is 2. The Kier molecular flexibility index (Phi) is 8.03. The number of aryl methyl sites for hydroxylation is 1. The molecule has 1 atom stereocenters. The van der Waals surface area contributed by atoms with E-state index in [9.17, 15) is 9.59 Å². The summed E-state index contributed by atoms with van der Waals surface area (Å²) in [5, 5.41) is 3.11. The zero-order valence-electron chi connectivity index (χ0n) is 23.2. The smallest absolute Gasteiger partial charge is 0.246 e. The van der Waals surface area contributed by atoms with Gasteiger partial charge >= 0.3 is 0 Å². The normalized spacial score (nSPS) is 19.4. The summed E-state index contributed by atoms with van der Waals surface area (Å²) in [5.41, 5.74) is 2.64. The number of piperazine rings is 1. The molecule has 1 N–H and O–H groups in total. The van der Waals surface area contributed by atoms with Gasteiger partial charge < -0.3 is 15.0 Å². The van der Waals surface area contributed by atoms with E-state index in [0.717, 1.165) is 36.7 Å². The Hall–Kier alpha value is -3.64. The number of carbonyl (C=O) groups excluding carboxylic acids is 2. The van der Waals surface area contributed by atoms with Gasteiger partial charge in [-0.2, -0.15) is 0 Å². The summed E-state index contributed by atoms with van der Waals surface area (Å²) in [6, 6.07) is 25.8. The molecule has 0 aliphatic carbocycles. The lowest BCUT2D eigenvalue weighted by Gasteiger charge is -2.52. The Morgan fingerprint density at radius 1 is 0.846 bits per heavy atom. The molecule has 0 bridgehead atoms. The lowest BCUT2D eigenvalue weighted by atomic mass is 9.80. The molecule has 6 nitrogen and oxygen atoms in total. The Bertz CT molecular complexity index is 1260. The Morgan fingerprint density at radius 2 is 1.44 bits per heavy atom. The SMILES string of the molecule is Cc1ccc(CN2C(=O)C(CC(C)C)NC(=O)C23CCN(Cc2ccc(Oc4ccccc4)cc2)CC3)cc1. The molecule has 0 radical (unpaired) electrons. The van der Waals surface area contributed by atoms with Crippen molar-refractivity contribution in [1.29, 1.82) is 0 Å². The molecule has 1 spiro atoms. The molecule has 0 saturated carbocycles. The number of benzene rings is 3. The summed E-state index contributed by atoms with van der Waals surface area (Å²) in [6.07, 6.45) is 1.90. The Balaban J connectivity index is 1.27. The molecule has 2 aliphatic heterocycles. The standard InChI is InChI=1S/C33H39N3O3/c1-24(2)21-30-31(37)36(23-27-11-9-25(3)10-12-27)33(32(38)34-30)17-19-35(20-18-33)22-26-13-15-29(16-14-26)39-28-7-5-4-6-8-28/h4-16,24,30H,17-23H2,1-3H3,(H,34,38). The van der Waals surface area contributed by atoms with E-state index in [4.69, 9.17) is 4.74 Å². The quantitative estimate of drug-likeness (QED) is 0.410. The minimum absolute atomic E-state index is 0.00178. The van der Waals surface area contributed by atoms with Crippen molar-refractivity contribution < 1.29 is 14.3 Å². The molecule has 2 heterocycles. The van der Waals surface area contributed by atoms with Gasteiger partial charge in [0, 0.05) is 26.2 Å². The van der Waals surface area contributed by atoms with Gasteiger partial charge in [-0.25, -0.2) is 0 Å². The topological polar surface area (TPSA) is 61.9 Å². The van der Waals surface area contributed by atoms with Gasteiger partial charge in [-0.05, 0) is 67.5 Å². The van der Waals surface area contributed by atoms with Crippen molar-refractivity contribution in [3.8, 4) is 11.5 Å². The van der Waals surface area contributed by atoms with Crippen LogP contribution in [-0.4, -0.2) is 46.3 Å². The van der Waals surface area contributed by atoms with Crippen LogP contribution in [0.1, 0.15) is 49.8 Å². The maximum Gasteiger partial charge on any atom is 0.246 e. The number of ether oxygens (including phenoxy) is 1. The lowest BCUT2D eigenvalue weighted by Crippen LogP contribution is -2.72. The summed E-state index contributed by atoms with van der Waals surface area (Å²) in [6.45, 7) is 9.00. The van der Waals surface area contributed by atoms with Crippen molar-refractivity contribution in [2.24, 2.45) is 5.92 Å². The second-order valence-corrected chi connectivity index (χ2v) is 11.4. The van der Waals surface area contributed by atoms with Crippen molar-refractivity contribution >= 4 is 11.8 Å². The number of likely N-dealkylation sites (tertiary alicyclic amines) is 1. The molecule has 1 unspecified atom stereocenters. The van der Waals surface area contributed by atoms with Crippen molar-refractivity contribution in [2.45, 2.75) is 64.7 Å². The number of amides is 2. The third kappa shape index (κ3) is 6.17. The summed E-state index contributed by atoms with van der Waals surface area (Å²) in [7, 11) is 0. The first-order valence-corrected chi connectivity index (χ1v) is 14.0. The number of nitrogens with one attached hydrogen (secondary N) is 1. The maximum atomic E-state index is 13.8. The first-order chi connectivity index (χ1) is 18.8. The van der Waals surface area contributed by atoms with E-state index in [1.165, 1.54) is 11.1 Å². The second kappa shape index (κ2) is 11.6. The summed E-state index contributed by atoms with van der Waals surface area (Å²) < 4.78 is 5.92. The van der Waals surface area contributed by atoms with Crippen LogP contribution in [0.25, 0.3) is 0 Å². The Morgan fingerprint density at radius 3 is 2.08 bits per heavy atom. The molecule has 2 saturated heterocycles. The number of nitrogens with zero attached hydrogens (tertiary/aromatic N) is 2. The summed E-state index contributed by atoms with van der Waals surface area (Å²) in [4.78, 5) is 31.7. The molecular weight excluding hydrogens is 486 g/mol. The first-order valence-electron chi connectivity index (χ1n) is 14.0. The minimum Gasteiger partial charge on any atom is -0.457 e. The van der Waals surface area contributed by atoms with Crippen molar-refractivity contribution in [1.82, 2.24) is 15.1 Å². The molecule has 6 heteroatoms. The Labute approximate surface area is 232 Å². The van der Waals surface area contributed by atoms with Gasteiger partial charge in [0.25, 0.3) is 0 Å². The fourth-order valence-corrected chi connectivity index (χ4v) is 5.74. The predicted octanol–water partition coefficient (Wildman–Crippen LogP) is 5.70. The molecule has 2 fully saturated rings. The molecule has 3 aromatic rings. The molecule has 2 aliphatic rings. The van der Waals surface area contributed by atoms with Crippen molar-refractivity contribution in [3.05, 3.63) is 95.6 Å². The number of rotatable bonds is 8. The van der Waals surface area contributed by atoms with E-state index in [0.29, 0.717) is 31.7 Å². The number of hydrogen-bond acceptors (Lipinski definition) is 4. The monoisotopic (exact) mass is 525 g/mol. The average Bonchev–Trinajstić information content (AvgIpc) is 2.93. The first kappa shape index (κ1) is 26.9. The zero-order valence-corrected chi connectivity index (χ0v) is 23.2. The highest BCUT2D eigenvalue weighted by atomic mass is 16.5. The highest BCUT2D eigenvalue weighted by Gasteiger charge is 2.53. The van der Waals surface area contributed by atoms with E-state index in [1.807, 2.05) is 47.4 Å². The van der Waals surface area contributed by atoms with Gasteiger partial charge in [0.15, 0.2) is 0 Å². The fraction of sp³-hybridized carbons (Fsp3) is 0.394. The average molecular weight is 526 g/mol. The second-order valence-electron chi connectivity index (χ2n) is 11.4. The lowest BCUT2D eigenvalue weighted by molar-refractivity contribution is -0.162. The van der Waals surface area contributed by atoms with Gasteiger partial charge in [0.2, 0.25) is 11.8 Å². The van der Waals surface area contributed by atoms with Gasteiger partial charge in [0.1, 0.15) is 23.1 Å². The van der Waals surface area contributed by atoms with Gasteiger partial charge in [-0.15, -0.1) is 0 Å². The van der Waals surface area contributed by atoms with Crippen LogP contribution in [0.15, 0.2) is 78.9 Å². The molecule has 204 valence electrons. The number of para-hydroxylation sites is 1. The summed E-state index contributed by atoms with van der Waals surface area (Å²) >= 11 is 0. The third-order valence-corrected chi connectivity index (χ3v) is 7.97. The number of piperidine rings is 1. The van der Waals surface area contributed by atoms with E-state index < -0.39 is 11.6 Å². The molecule has 2 amide bonds. The van der Waals surface area contributed by atoms with E-state index in [1.54, 1.807) is 0 Å². The van der Waals surface area contributed by atoms with E-state index >= 15 is 0 Å². The van der Waals surface area contributed by atoms with Crippen LogP contribution < -0.4 is 10.1 Å². The van der Waals surface area contributed by atoms with Crippen LogP contribution in [-0.2, 0) is 22.7 Å². The molecule has 0 aromatic heterocycles.